The van der Waals surface area contributed by atoms with Gasteiger partial charge in [0.25, 0.3) is 0 Å². The number of urea groups is 1. The van der Waals surface area contributed by atoms with Gasteiger partial charge in [-0.1, -0.05) is 12.8 Å². The number of hydrogen-bond acceptors (Lipinski definition) is 3. The van der Waals surface area contributed by atoms with Crippen molar-refractivity contribution in [2.24, 2.45) is 0 Å². The minimum Gasteiger partial charge on any atom is -0.480 e. The average Bonchev–Trinajstić information content (AvgIpc) is 2.54. The van der Waals surface area contributed by atoms with Crippen molar-refractivity contribution in [2.45, 2.75) is 31.7 Å². The van der Waals surface area contributed by atoms with Crippen LogP contribution in [0.3, 0.4) is 0 Å². The summed E-state index contributed by atoms with van der Waals surface area (Å²) in [4.78, 5) is 24.5. The SMILES string of the molecule is CSCCNC(=O)N1CCCCCC1C(=O)O. The van der Waals surface area contributed by atoms with Crippen LogP contribution in [0.4, 0.5) is 4.79 Å². The number of nitrogens with zero attached hydrogens (tertiary/aromatic N) is 1. The number of amides is 2. The van der Waals surface area contributed by atoms with Crippen molar-refractivity contribution in [1.29, 1.82) is 0 Å². The lowest BCUT2D eigenvalue weighted by atomic mass is 10.1. The van der Waals surface area contributed by atoms with E-state index in [1.54, 1.807) is 11.8 Å². The number of aliphatic carboxylic acids is 1. The number of carbonyl (C=O) groups excluding carboxylic acids is 1. The van der Waals surface area contributed by atoms with E-state index >= 15 is 0 Å². The highest BCUT2D eigenvalue weighted by Gasteiger charge is 2.30. The minimum atomic E-state index is -0.896. The van der Waals surface area contributed by atoms with E-state index in [9.17, 15) is 9.59 Å². The van der Waals surface area contributed by atoms with Gasteiger partial charge in [0.05, 0.1) is 0 Å². The Balaban J connectivity index is 2.55. The Hall–Kier alpha value is -0.910. The number of thioether (sulfide) groups is 1. The average molecular weight is 260 g/mol. The molecule has 1 atom stereocenters. The molecule has 1 fully saturated rings. The minimum absolute atomic E-state index is 0.242. The third kappa shape index (κ3) is 4.46. The summed E-state index contributed by atoms with van der Waals surface area (Å²) >= 11 is 1.65. The number of carboxylic acids is 1. The zero-order valence-corrected chi connectivity index (χ0v) is 11.0. The van der Waals surface area contributed by atoms with Crippen LogP contribution in [-0.2, 0) is 4.79 Å². The first-order chi connectivity index (χ1) is 8.16. The molecular formula is C11H20N2O3S. The molecule has 0 saturated carbocycles. The molecule has 0 bridgehead atoms. The van der Waals surface area contributed by atoms with Gasteiger partial charge in [0.2, 0.25) is 0 Å². The van der Waals surface area contributed by atoms with Crippen molar-refractivity contribution in [3.05, 3.63) is 0 Å². The van der Waals surface area contributed by atoms with Crippen molar-refractivity contribution < 1.29 is 14.7 Å². The maximum absolute atomic E-state index is 11.9. The summed E-state index contributed by atoms with van der Waals surface area (Å²) in [5, 5.41) is 11.9. The summed E-state index contributed by atoms with van der Waals surface area (Å²) in [5.41, 5.74) is 0. The van der Waals surface area contributed by atoms with Crippen molar-refractivity contribution in [3.8, 4) is 0 Å². The molecule has 17 heavy (non-hydrogen) atoms. The number of hydrogen-bond donors (Lipinski definition) is 2. The normalized spacial score (nSPS) is 20.8. The molecule has 0 aromatic heterocycles. The third-order valence-electron chi connectivity index (χ3n) is 2.88. The molecule has 2 N–H and O–H groups in total. The van der Waals surface area contributed by atoms with Gasteiger partial charge >= 0.3 is 12.0 Å². The maximum atomic E-state index is 11.9. The lowest BCUT2D eigenvalue weighted by molar-refractivity contribution is -0.142. The van der Waals surface area contributed by atoms with Crippen LogP contribution in [-0.4, -0.2) is 53.1 Å². The number of carbonyl (C=O) groups is 2. The predicted molar refractivity (Wildman–Crippen MR) is 68.4 cm³/mol. The van der Waals surface area contributed by atoms with Crippen molar-refractivity contribution in [3.63, 3.8) is 0 Å². The molecule has 5 nitrogen and oxygen atoms in total. The van der Waals surface area contributed by atoms with Gasteiger partial charge in [-0.15, -0.1) is 0 Å². The molecule has 6 heteroatoms. The molecule has 0 spiro atoms. The number of nitrogens with one attached hydrogen (secondary N) is 1. The first-order valence-corrected chi connectivity index (χ1v) is 7.32. The molecule has 1 aliphatic rings. The van der Waals surface area contributed by atoms with Crippen LogP contribution in [0.15, 0.2) is 0 Å². The Morgan fingerprint density at radius 1 is 1.41 bits per heavy atom. The van der Waals surface area contributed by atoms with E-state index in [4.69, 9.17) is 5.11 Å². The summed E-state index contributed by atoms with van der Waals surface area (Å²) in [6, 6.07) is -0.903. The van der Waals surface area contributed by atoms with Crippen LogP contribution >= 0.6 is 11.8 Å². The Bertz CT molecular complexity index is 273. The van der Waals surface area contributed by atoms with Gasteiger partial charge in [-0.2, -0.15) is 11.8 Å². The number of carboxylic acid groups (broad SMARTS) is 1. The second-order valence-electron chi connectivity index (χ2n) is 4.12. The molecule has 1 unspecified atom stereocenters. The Labute approximate surface area is 106 Å². The molecule has 1 aliphatic heterocycles. The Morgan fingerprint density at radius 2 is 2.18 bits per heavy atom. The smallest absolute Gasteiger partial charge is 0.326 e. The van der Waals surface area contributed by atoms with Crippen molar-refractivity contribution in [2.75, 3.05) is 25.1 Å². The fourth-order valence-corrected chi connectivity index (χ4v) is 2.28. The van der Waals surface area contributed by atoms with E-state index in [1.807, 2.05) is 6.26 Å². The predicted octanol–water partition coefficient (Wildman–Crippen LogP) is 1.39. The highest BCUT2D eigenvalue weighted by molar-refractivity contribution is 7.98. The monoisotopic (exact) mass is 260 g/mol. The van der Waals surface area contributed by atoms with E-state index in [2.05, 4.69) is 5.32 Å². The van der Waals surface area contributed by atoms with Gasteiger partial charge < -0.3 is 15.3 Å². The summed E-state index contributed by atoms with van der Waals surface area (Å²) in [6.07, 6.45) is 5.30. The van der Waals surface area contributed by atoms with E-state index in [1.165, 1.54) is 4.90 Å². The molecule has 2 amide bonds. The summed E-state index contributed by atoms with van der Waals surface area (Å²) in [5.74, 6) is -0.0518. The zero-order valence-electron chi connectivity index (χ0n) is 10.1. The number of rotatable bonds is 4. The molecule has 1 rings (SSSR count). The molecule has 0 aromatic carbocycles. The second kappa shape index (κ2) is 7.42. The zero-order chi connectivity index (χ0) is 12.7. The Morgan fingerprint density at radius 3 is 2.82 bits per heavy atom. The quantitative estimate of drug-likeness (QED) is 0.749. The van der Waals surface area contributed by atoms with Gasteiger partial charge in [0.1, 0.15) is 6.04 Å². The first-order valence-electron chi connectivity index (χ1n) is 5.93. The standard InChI is InChI=1S/C11H20N2O3S/c1-17-8-6-12-11(16)13-7-4-2-3-5-9(13)10(14)15/h9H,2-8H2,1H3,(H,12,16)(H,14,15). The maximum Gasteiger partial charge on any atom is 0.326 e. The molecular weight excluding hydrogens is 240 g/mol. The van der Waals surface area contributed by atoms with E-state index in [0.717, 1.165) is 25.0 Å². The van der Waals surface area contributed by atoms with Crippen LogP contribution in [0.5, 0.6) is 0 Å². The van der Waals surface area contributed by atoms with Gasteiger partial charge in [-0.05, 0) is 19.1 Å². The van der Waals surface area contributed by atoms with Crippen LogP contribution in [0, 0.1) is 0 Å². The van der Waals surface area contributed by atoms with Gasteiger partial charge in [-0.3, -0.25) is 0 Å². The summed E-state index contributed by atoms with van der Waals surface area (Å²) < 4.78 is 0. The fourth-order valence-electron chi connectivity index (χ4n) is 1.97. The molecule has 98 valence electrons. The first kappa shape index (κ1) is 14.2. The fraction of sp³-hybridized carbons (Fsp3) is 0.818. The molecule has 0 radical (unpaired) electrons. The molecule has 1 saturated heterocycles. The van der Waals surface area contributed by atoms with Crippen molar-refractivity contribution >= 4 is 23.8 Å². The molecule has 0 aromatic rings. The summed E-state index contributed by atoms with van der Waals surface area (Å²) in [6.45, 7) is 1.13. The summed E-state index contributed by atoms with van der Waals surface area (Å²) in [7, 11) is 0. The highest BCUT2D eigenvalue weighted by atomic mass is 32.2. The largest absolute Gasteiger partial charge is 0.480 e. The topological polar surface area (TPSA) is 69.6 Å². The van der Waals surface area contributed by atoms with Gasteiger partial charge in [-0.25, -0.2) is 9.59 Å². The molecule has 1 heterocycles. The van der Waals surface area contributed by atoms with E-state index in [0.29, 0.717) is 19.5 Å². The van der Waals surface area contributed by atoms with Gasteiger partial charge in [0.15, 0.2) is 0 Å². The van der Waals surface area contributed by atoms with Crippen molar-refractivity contribution in [1.82, 2.24) is 10.2 Å². The van der Waals surface area contributed by atoms with Gasteiger partial charge in [0, 0.05) is 18.8 Å². The Kier molecular flexibility index (Phi) is 6.18. The van der Waals surface area contributed by atoms with E-state index < -0.39 is 12.0 Å². The third-order valence-corrected chi connectivity index (χ3v) is 3.49. The van der Waals surface area contributed by atoms with E-state index in [-0.39, 0.29) is 6.03 Å². The van der Waals surface area contributed by atoms with Crippen LogP contribution in [0.2, 0.25) is 0 Å². The number of likely N-dealkylation sites (tertiary alicyclic amines) is 1. The lowest BCUT2D eigenvalue weighted by Crippen LogP contribution is -2.49. The highest BCUT2D eigenvalue weighted by Crippen LogP contribution is 2.17. The van der Waals surface area contributed by atoms with Crippen LogP contribution in [0.25, 0.3) is 0 Å². The van der Waals surface area contributed by atoms with Crippen LogP contribution in [0.1, 0.15) is 25.7 Å². The lowest BCUT2D eigenvalue weighted by Gasteiger charge is -2.27. The van der Waals surface area contributed by atoms with Crippen LogP contribution < -0.4 is 5.32 Å². The molecule has 0 aliphatic carbocycles. The second-order valence-corrected chi connectivity index (χ2v) is 5.11.